The molecule has 1 saturated carbocycles. The van der Waals surface area contributed by atoms with E-state index >= 15 is 0 Å². The van der Waals surface area contributed by atoms with Crippen LogP contribution in [0.25, 0.3) is 0 Å². The first-order chi connectivity index (χ1) is 8.11. The second-order valence-corrected chi connectivity index (χ2v) is 6.14. The maximum atomic E-state index is 4.75. The Labute approximate surface area is 108 Å². The monoisotopic (exact) mass is 253 g/mol. The number of nitrogens with zero attached hydrogens (tertiary/aromatic N) is 2. The van der Waals surface area contributed by atoms with Gasteiger partial charge in [0.2, 0.25) is 0 Å². The molecule has 0 aliphatic heterocycles. The maximum Gasteiger partial charge on any atom is 0.185 e. The fourth-order valence-electron chi connectivity index (χ4n) is 1.68. The second-order valence-electron chi connectivity index (χ2n) is 5.08. The van der Waals surface area contributed by atoms with Crippen LogP contribution in [0.1, 0.15) is 44.2 Å². The molecule has 0 aromatic carbocycles. The van der Waals surface area contributed by atoms with Crippen LogP contribution in [-0.2, 0) is 13.0 Å². The van der Waals surface area contributed by atoms with Gasteiger partial charge in [0.05, 0.1) is 5.69 Å². The Morgan fingerprint density at radius 2 is 2.18 bits per heavy atom. The minimum absolute atomic E-state index is 0.509. The van der Waals surface area contributed by atoms with Crippen LogP contribution in [0.5, 0.6) is 0 Å². The van der Waals surface area contributed by atoms with Crippen molar-refractivity contribution in [2.24, 2.45) is 0 Å². The van der Waals surface area contributed by atoms with E-state index in [0.717, 1.165) is 24.1 Å². The van der Waals surface area contributed by atoms with E-state index in [2.05, 4.69) is 38.0 Å². The summed E-state index contributed by atoms with van der Waals surface area (Å²) in [6.07, 6.45) is 3.72. The Morgan fingerprint density at radius 1 is 1.47 bits per heavy atom. The van der Waals surface area contributed by atoms with Crippen LogP contribution in [0.2, 0.25) is 0 Å². The zero-order valence-corrected chi connectivity index (χ0v) is 12.1. The summed E-state index contributed by atoms with van der Waals surface area (Å²) >= 11 is 1.84. The number of rotatable bonds is 6. The standard InChI is InChI=1S/C13H23N3S/c1-5-11-12(8-14-10-6-7-10)17-13(15-11)16(4)9(2)3/h9-10,14H,5-8H2,1-4H3. The maximum absolute atomic E-state index is 4.75. The summed E-state index contributed by atoms with van der Waals surface area (Å²) in [5.41, 5.74) is 1.27. The molecule has 17 heavy (non-hydrogen) atoms. The minimum Gasteiger partial charge on any atom is -0.349 e. The van der Waals surface area contributed by atoms with Crippen molar-refractivity contribution in [2.75, 3.05) is 11.9 Å². The first kappa shape index (κ1) is 12.8. The van der Waals surface area contributed by atoms with Crippen LogP contribution in [0.3, 0.4) is 0 Å². The van der Waals surface area contributed by atoms with Crippen molar-refractivity contribution in [1.29, 1.82) is 0 Å². The summed E-state index contributed by atoms with van der Waals surface area (Å²) in [4.78, 5) is 8.43. The molecule has 1 aliphatic rings. The molecule has 0 unspecified atom stereocenters. The summed E-state index contributed by atoms with van der Waals surface area (Å²) < 4.78 is 0. The quantitative estimate of drug-likeness (QED) is 0.845. The summed E-state index contributed by atoms with van der Waals surface area (Å²) in [5.74, 6) is 0. The van der Waals surface area contributed by atoms with E-state index in [-0.39, 0.29) is 0 Å². The normalized spacial score (nSPS) is 15.6. The number of hydrogen-bond acceptors (Lipinski definition) is 4. The third kappa shape index (κ3) is 3.19. The Kier molecular flexibility index (Phi) is 4.05. The molecule has 0 amide bonds. The van der Waals surface area contributed by atoms with Gasteiger partial charge in [-0.25, -0.2) is 4.98 Å². The first-order valence-electron chi connectivity index (χ1n) is 6.56. The number of hydrogen-bond donors (Lipinski definition) is 1. The van der Waals surface area contributed by atoms with E-state index in [0.29, 0.717) is 6.04 Å². The molecule has 1 fully saturated rings. The highest BCUT2D eigenvalue weighted by atomic mass is 32.1. The number of anilines is 1. The average Bonchev–Trinajstić information content (AvgIpc) is 3.04. The molecule has 1 heterocycles. The average molecular weight is 253 g/mol. The lowest BCUT2D eigenvalue weighted by molar-refractivity contribution is 0.689. The molecule has 1 aromatic heterocycles. The van der Waals surface area contributed by atoms with Gasteiger partial charge >= 0.3 is 0 Å². The molecular weight excluding hydrogens is 230 g/mol. The molecule has 1 aliphatic carbocycles. The van der Waals surface area contributed by atoms with E-state index in [1.165, 1.54) is 23.4 Å². The predicted octanol–water partition coefficient (Wildman–Crippen LogP) is 2.80. The zero-order chi connectivity index (χ0) is 12.4. The lowest BCUT2D eigenvalue weighted by Crippen LogP contribution is -2.25. The van der Waals surface area contributed by atoms with E-state index in [1.807, 2.05) is 11.3 Å². The van der Waals surface area contributed by atoms with Gasteiger partial charge in [-0.1, -0.05) is 6.92 Å². The van der Waals surface area contributed by atoms with Crippen LogP contribution in [-0.4, -0.2) is 24.1 Å². The van der Waals surface area contributed by atoms with Crippen molar-refractivity contribution in [3.63, 3.8) is 0 Å². The van der Waals surface area contributed by atoms with Crippen molar-refractivity contribution < 1.29 is 0 Å². The van der Waals surface area contributed by atoms with Crippen LogP contribution in [0.4, 0.5) is 5.13 Å². The molecule has 0 bridgehead atoms. The van der Waals surface area contributed by atoms with Crippen molar-refractivity contribution in [1.82, 2.24) is 10.3 Å². The molecule has 1 N–H and O–H groups in total. The van der Waals surface area contributed by atoms with E-state index in [4.69, 9.17) is 4.98 Å². The Bertz CT molecular complexity index is 369. The van der Waals surface area contributed by atoms with Gasteiger partial charge < -0.3 is 10.2 Å². The highest BCUT2D eigenvalue weighted by Crippen LogP contribution is 2.28. The molecule has 4 heteroatoms. The highest BCUT2D eigenvalue weighted by molar-refractivity contribution is 7.15. The minimum atomic E-state index is 0.509. The van der Waals surface area contributed by atoms with Crippen LogP contribution in [0.15, 0.2) is 0 Å². The van der Waals surface area contributed by atoms with Gasteiger partial charge in [0.15, 0.2) is 5.13 Å². The largest absolute Gasteiger partial charge is 0.349 e. The summed E-state index contributed by atoms with van der Waals surface area (Å²) in [5, 5.41) is 4.74. The summed E-state index contributed by atoms with van der Waals surface area (Å²) in [7, 11) is 2.13. The van der Waals surface area contributed by atoms with Gasteiger partial charge in [0, 0.05) is 30.6 Å². The van der Waals surface area contributed by atoms with Gasteiger partial charge in [0.25, 0.3) is 0 Å². The van der Waals surface area contributed by atoms with Crippen LogP contribution < -0.4 is 10.2 Å². The van der Waals surface area contributed by atoms with Gasteiger partial charge in [-0.3, -0.25) is 0 Å². The molecule has 0 spiro atoms. The molecule has 0 radical (unpaired) electrons. The number of nitrogens with one attached hydrogen (secondary N) is 1. The zero-order valence-electron chi connectivity index (χ0n) is 11.3. The van der Waals surface area contributed by atoms with Crippen molar-refractivity contribution in [3.05, 3.63) is 10.6 Å². The SMILES string of the molecule is CCc1nc(N(C)C(C)C)sc1CNC1CC1. The summed E-state index contributed by atoms with van der Waals surface area (Å²) in [6, 6.07) is 1.28. The molecule has 2 rings (SSSR count). The third-order valence-electron chi connectivity index (χ3n) is 3.31. The number of thiazole rings is 1. The van der Waals surface area contributed by atoms with Gasteiger partial charge in [0.1, 0.15) is 0 Å². The van der Waals surface area contributed by atoms with E-state index < -0.39 is 0 Å². The molecule has 0 atom stereocenters. The van der Waals surface area contributed by atoms with Crippen molar-refractivity contribution >= 4 is 16.5 Å². The highest BCUT2D eigenvalue weighted by Gasteiger charge is 2.22. The van der Waals surface area contributed by atoms with E-state index in [1.54, 1.807) is 0 Å². The molecule has 96 valence electrons. The van der Waals surface area contributed by atoms with Gasteiger partial charge in [-0.15, -0.1) is 11.3 Å². The second kappa shape index (κ2) is 5.36. The molecule has 1 aromatic rings. The van der Waals surface area contributed by atoms with Crippen LogP contribution in [0, 0.1) is 0 Å². The van der Waals surface area contributed by atoms with E-state index in [9.17, 15) is 0 Å². The fourth-order valence-corrected chi connectivity index (χ4v) is 2.87. The Morgan fingerprint density at radius 3 is 2.71 bits per heavy atom. The number of aryl methyl sites for hydroxylation is 1. The fraction of sp³-hybridized carbons (Fsp3) is 0.769. The van der Waals surface area contributed by atoms with Gasteiger partial charge in [-0.2, -0.15) is 0 Å². The van der Waals surface area contributed by atoms with Crippen molar-refractivity contribution in [3.8, 4) is 0 Å². The Hall–Kier alpha value is -0.610. The smallest absolute Gasteiger partial charge is 0.185 e. The van der Waals surface area contributed by atoms with Crippen molar-refractivity contribution in [2.45, 2.75) is 58.7 Å². The molecule has 3 nitrogen and oxygen atoms in total. The summed E-state index contributed by atoms with van der Waals surface area (Å²) in [6.45, 7) is 7.59. The lowest BCUT2D eigenvalue weighted by Gasteiger charge is -2.19. The first-order valence-corrected chi connectivity index (χ1v) is 7.38. The van der Waals surface area contributed by atoms with Crippen LogP contribution >= 0.6 is 11.3 Å². The number of aromatic nitrogens is 1. The third-order valence-corrected chi connectivity index (χ3v) is 4.50. The topological polar surface area (TPSA) is 28.2 Å². The van der Waals surface area contributed by atoms with Gasteiger partial charge in [-0.05, 0) is 33.1 Å². The lowest BCUT2D eigenvalue weighted by atomic mass is 10.3. The Balaban J connectivity index is 2.07. The molecular formula is C13H23N3S. The molecule has 0 saturated heterocycles. The predicted molar refractivity (Wildman–Crippen MR) is 74.9 cm³/mol.